The largest absolute Gasteiger partial charge is 0.378 e. The van der Waals surface area contributed by atoms with E-state index in [1.807, 2.05) is 43.3 Å². The summed E-state index contributed by atoms with van der Waals surface area (Å²) in [5.74, 6) is -0.687. The molecule has 2 rings (SSSR count). The van der Waals surface area contributed by atoms with Gasteiger partial charge in [0, 0.05) is 37.6 Å². The molecule has 0 heterocycles. The van der Waals surface area contributed by atoms with Gasteiger partial charge in [0.05, 0.1) is 6.54 Å². The van der Waals surface area contributed by atoms with Gasteiger partial charge in [0.1, 0.15) is 0 Å². The fraction of sp³-hybridized carbons (Fsp3) is 0.222. The number of rotatable bonds is 7. The van der Waals surface area contributed by atoms with Crippen molar-refractivity contribution in [3.63, 3.8) is 0 Å². The maximum absolute atomic E-state index is 11.9. The molecular weight excluding hydrogens is 320 g/mol. The first-order chi connectivity index (χ1) is 12.0. The fourth-order valence-corrected chi connectivity index (χ4v) is 2.21. The molecule has 2 amide bonds. The van der Waals surface area contributed by atoms with Crippen LogP contribution >= 0.6 is 0 Å². The lowest BCUT2D eigenvalue weighted by atomic mass is 10.1. The molecule has 0 aliphatic rings. The van der Waals surface area contributed by atoms with Crippen LogP contribution in [-0.4, -0.2) is 37.7 Å². The van der Waals surface area contributed by atoms with E-state index in [2.05, 4.69) is 10.6 Å². The maximum Gasteiger partial charge on any atom is 0.274 e. The molecule has 132 valence electrons. The Morgan fingerprint density at radius 2 is 1.64 bits per heavy atom. The van der Waals surface area contributed by atoms with Crippen LogP contribution in [0.3, 0.4) is 0 Å². The van der Waals surface area contributed by atoms with Crippen molar-refractivity contribution in [2.45, 2.75) is 6.54 Å². The van der Waals surface area contributed by atoms with E-state index in [1.54, 1.807) is 29.7 Å². The van der Waals surface area contributed by atoms with Gasteiger partial charge in [-0.15, -0.1) is 0 Å². The molecule has 0 atom stereocenters. The van der Waals surface area contributed by atoms with E-state index >= 15 is 0 Å². The van der Waals surface area contributed by atoms with Crippen molar-refractivity contribution < 1.29 is 14.8 Å². The van der Waals surface area contributed by atoms with E-state index in [-0.39, 0.29) is 12.5 Å². The van der Waals surface area contributed by atoms with Gasteiger partial charge in [-0.2, -0.15) is 0 Å². The van der Waals surface area contributed by atoms with Gasteiger partial charge in [0.25, 0.3) is 5.91 Å². The van der Waals surface area contributed by atoms with Gasteiger partial charge in [-0.05, 0) is 42.0 Å². The predicted molar refractivity (Wildman–Crippen MR) is 96.8 cm³/mol. The Balaban J connectivity index is 1.77. The van der Waals surface area contributed by atoms with Gasteiger partial charge < -0.3 is 15.5 Å². The van der Waals surface area contributed by atoms with Crippen LogP contribution in [0.5, 0.6) is 0 Å². The first-order valence-corrected chi connectivity index (χ1v) is 7.81. The molecule has 25 heavy (non-hydrogen) atoms. The number of carbonyl (C=O) groups excluding carboxylic acids is 2. The van der Waals surface area contributed by atoms with E-state index in [1.165, 1.54) is 0 Å². The summed E-state index contributed by atoms with van der Waals surface area (Å²) in [6.45, 7) is 0.669. The molecule has 7 heteroatoms. The summed E-state index contributed by atoms with van der Waals surface area (Å²) in [6, 6.07) is 14.3. The molecule has 0 saturated carbocycles. The van der Waals surface area contributed by atoms with Crippen LogP contribution in [0.15, 0.2) is 48.5 Å². The summed E-state index contributed by atoms with van der Waals surface area (Å²) in [4.78, 5) is 25.2. The zero-order valence-electron chi connectivity index (χ0n) is 14.2. The van der Waals surface area contributed by atoms with E-state index in [0.29, 0.717) is 12.1 Å². The molecule has 0 radical (unpaired) electrons. The Labute approximate surface area is 146 Å². The van der Waals surface area contributed by atoms with Crippen LogP contribution in [-0.2, 0) is 11.3 Å². The van der Waals surface area contributed by atoms with E-state index in [4.69, 9.17) is 5.21 Å². The number of carbonyl (C=O) groups is 2. The number of hydrogen-bond donors (Lipinski definition) is 4. The lowest BCUT2D eigenvalue weighted by Crippen LogP contribution is -2.27. The zero-order chi connectivity index (χ0) is 18.2. The van der Waals surface area contributed by atoms with Crippen molar-refractivity contribution >= 4 is 23.2 Å². The minimum Gasteiger partial charge on any atom is -0.378 e. The van der Waals surface area contributed by atoms with Crippen LogP contribution in [0.4, 0.5) is 11.4 Å². The Bertz CT molecular complexity index is 712. The summed E-state index contributed by atoms with van der Waals surface area (Å²) >= 11 is 0. The quantitative estimate of drug-likeness (QED) is 0.453. The van der Waals surface area contributed by atoms with Gasteiger partial charge in [-0.3, -0.25) is 14.8 Å². The maximum atomic E-state index is 11.9. The summed E-state index contributed by atoms with van der Waals surface area (Å²) in [6.07, 6.45) is 0. The average Bonchev–Trinajstić information content (AvgIpc) is 2.62. The molecule has 4 N–H and O–H groups in total. The Hall–Kier alpha value is -2.90. The standard InChI is InChI=1S/C18H22N4O3/c1-22(2)16-9-7-15(8-10-16)20-17(23)12-19-11-13-3-5-14(6-4-13)18(24)21-25/h3-10,19,25H,11-12H2,1-2H3,(H,20,23)(H,21,24). The SMILES string of the molecule is CN(C)c1ccc(NC(=O)CNCc2ccc(C(=O)NO)cc2)cc1. The number of anilines is 2. The first kappa shape index (κ1) is 18.4. The normalized spacial score (nSPS) is 10.2. The minimum atomic E-state index is -0.556. The molecular formula is C18H22N4O3. The third-order valence-electron chi connectivity index (χ3n) is 3.60. The van der Waals surface area contributed by atoms with Crippen LogP contribution < -0.4 is 21.0 Å². The number of amides is 2. The monoisotopic (exact) mass is 342 g/mol. The van der Waals surface area contributed by atoms with Crippen molar-refractivity contribution in [3.05, 3.63) is 59.7 Å². The summed E-state index contributed by atoms with van der Waals surface area (Å²) < 4.78 is 0. The molecule has 0 fully saturated rings. The van der Waals surface area contributed by atoms with Crippen molar-refractivity contribution in [2.24, 2.45) is 0 Å². The highest BCUT2D eigenvalue weighted by Gasteiger charge is 2.05. The highest BCUT2D eigenvalue weighted by atomic mass is 16.5. The van der Waals surface area contributed by atoms with Crippen LogP contribution in [0, 0.1) is 0 Å². The number of nitrogens with one attached hydrogen (secondary N) is 3. The van der Waals surface area contributed by atoms with Crippen molar-refractivity contribution in [1.82, 2.24) is 10.8 Å². The van der Waals surface area contributed by atoms with Crippen molar-refractivity contribution in [2.75, 3.05) is 30.9 Å². The second-order valence-electron chi connectivity index (χ2n) is 5.73. The fourth-order valence-electron chi connectivity index (χ4n) is 2.21. The van der Waals surface area contributed by atoms with Gasteiger partial charge in [0.15, 0.2) is 0 Å². The lowest BCUT2D eigenvalue weighted by Gasteiger charge is -2.13. The van der Waals surface area contributed by atoms with E-state index in [9.17, 15) is 9.59 Å². The Kier molecular flexibility index (Phi) is 6.50. The highest BCUT2D eigenvalue weighted by molar-refractivity contribution is 5.93. The minimum absolute atomic E-state index is 0.131. The third kappa shape index (κ3) is 5.59. The highest BCUT2D eigenvalue weighted by Crippen LogP contribution is 2.15. The molecule has 0 spiro atoms. The molecule has 0 bridgehead atoms. The molecule has 2 aromatic rings. The van der Waals surface area contributed by atoms with Crippen LogP contribution in [0.25, 0.3) is 0 Å². The van der Waals surface area contributed by atoms with Crippen LogP contribution in [0.2, 0.25) is 0 Å². The molecule has 0 unspecified atom stereocenters. The average molecular weight is 342 g/mol. The van der Waals surface area contributed by atoms with Crippen LogP contribution in [0.1, 0.15) is 15.9 Å². The Morgan fingerprint density at radius 3 is 2.20 bits per heavy atom. The van der Waals surface area contributed by atoms with E-state index < -0.39 is 5.91 Å². The number of nitrogens with zero attached hydrogens (tertiary/aromatic N) is 1. The predicted octanol–water partition coefficient (Wildman–Crippen LogP) is 1.60. The van der Waals surface area contributed by atoms with Gasteiger partial charge in [-0.25, -0.2) is 5.48 Å². The summed E-state index contributed by atoms with van der Waals surface area (Å²) in [7, 11) is 3.92. The first-order valence-electron chi connectivity index (χ1n) is 7.81. The lowest BCUT2D eigenvalue weighted by molar-refractivity contribution is -0.115. The number of hydrogen-bond acceptors (Lipinski definition) is 5. The summed E-state index contributed by atoms with van der Waals surface area (Å²) in [5, 5.41) is 14.4. The smallest absolute Gasteiger partial charge is 0.274 e. The second-order valence-corrected chi connectivity index (χ2v) is 5.73. The Morgan fingerprint density at radius 1 is 1.00 bits per heavy atom. The van der Waals surface area contributed by atoms with Gasteiger partial charge >= 0.3 is 0 Å². The molecule has 0 aliphatic heterocycles. The number of benzene rings is 2. The molecule has 0 aromatic heterocycles. The van der Waals surface area contributed by atoms with Crippen molar-refractivity contribution in [1.29, 1.82) is 0 Å². The topological polar surface area (TPSA) is 93.7 Å². The number of hydroxylamine groups is 1. The third-order valence-corrected chi connectivity index (χ3v) is 3.60. The summed E-state index contributed by atoms with van der Waals surface area (Å²) in [5.41, 5.74) is 4.69. The second kappa shape index (κ2) is 8.81. The molecule has 0 aliphatic carbocycles. The van der Waals surface area contributed by atoms with Gasteiger partial charge in [-0.1, -0.05) is 12.1 Å². The molecule has 0 saturated heterocycles. The molecule has 2 aromatic carbocycles. The zero-order valence-corrected chi connectivity index (χ0v) is 14.2. The van der Waals surface area contributed by atoms with Crippen molar-refractivity contribution in [3.8, 4) is 0 Å². The molecule has 7 nitrogen and oxygen atoms in total. The van der Waals surface area contributed by atoms with E-state index in [0.717, 1.165) is 16.9 Å². The van der Waals surface area contributed by atoms with Gasteiger partial charge in [0.2, 0.25) is 5.91 Å².